The third-order valence-corrected chi connectivity index (χ3v) is 4.53. The van der Waals surface area contributed by atoms with Crippen molar-refractivity contribution in [2.75, 3.05) is 5.73 Å². The largest absolute Gasteiger partial charge is 0.397 e. The maximum atomic E-state index is 12.2. The molecule has 2 heterocycles. The lowest BCUT2D eigenvalue weighted by Gasteiger charge is -2.10. The summed E-state index contributed by atoms with van der Waals surface area (Å²) in [5, 5.41) is 3.93. The van der Waals surface area contributed by atoms with Crippen LogP contribution in [0.3, 0.4) is 0 Å². The lowest BCUT2D eigenvalue weighted by atomic mass is 10.2. The average molecular weight is 261 g/mol. The first-order valence-corrected chi connectivity index (χ1v) is 7.01. The zero-order chi connectivity index (χ0) is 12.5. The molecule has 1 aliphatic carbocycles. The maximum absolute atomic E-state index is 12.2. The van der Waals surface area contributed by atoms with Crippen LogP contribution in [0.1, 0.15) is 35.4 Å². The van der Waals surface area contributed by atoms with Gasteiger partial charge >= 0.3 is 0 Å². The molecule has 0 unspecified atom stereocenters. The van der Waals surface area contributed by atoms with E-state index in [0.29, 0.717) is 16.6 Å². The van der Waals surface area contributed by atoms with Gasteiger partial charge < -0.3 is 11.1 Å². The van der Waals surface area contributed by atoms with Gasteiger partial charge in [-0.3, -0.25) is 4.79 Å². The van der Waals surface area contributed by atoms with Crippen LogP contribution in [0, 0.1) is 0 Å². The van der Waals surface area contributed by atoms with Crippen molar-refractivity contribution >= 4 is 33.1 Å². The fourth-order valence-electron chi connectivity index (χ4n) is 2.44. The van der Waals surface area contributed by atoms with E-state index in [1.54, 1.807) is 6.20 Å². The second kappa shape index (κ2) is 4.57. The minimum Gasteiger partial charge on any atom is -0.397 e. The zero-order valence-electron chi connectivity index (χ0n) is 9.98. The number of amides is 1. The first-order valence-electron chi connectivity index (χ1n) is 6.19. The molecule has 0 atom stereocenters. The molecule has 94 valence electrons. The Morgan fingerprint density at radius 2 is 2.22 bits per heavy atom. The number of nitrogens with zero attached hydrogens (tertiary/aromatic N) is 1. The highest BCUT2D eigenvalue weighted by atomic mass is 32.1. The molecule has 3 rings (SSSR count). The summed E-state index contributed by atoms with van der Waals surface area (Å²) in [4.78, 5) is 17.8. The SMILES string of the molecule is Nc1c(C(=O)NC2CCCC2)sc2ncccc12. The van der Waals surface area contributed by atoms with E-state index >= 15 is 0 Å². The van der Waals surface area contributed by atoms with E-state index in [4.69, 9.17) is 5.73 Å². The van der Waals surface area contributed by atoms with E-state index in [9.17, 15) is 4.79 Å². The minimum atomic E-state index is -0.0533. The average Bonchev–Trinajstić information content (AvgIpc) is 2.98. The molecule has 18 heavy (non-hydrogen) atoms. The van der Waals surface area contributed by atoms with Gasteiger partial charge in [0, 0.05) is 17.6 Å². The van der Waals surface area contributed by atoms with Gasteiger partial charge in [0.05, 0.1) is 5.69 Å². The molecule has 3 N–H and O–H groups in total. The van der Waals surface area contributed by atoms with Gasteiger partial charge in [0.15, 0.2) is 0 Å². The molecule has 1 aliphatic rings. The fourth-order valence-corrected chi connectivity index (χ4v) is 3.41. The van der Waals surface area contributed by atoms with Crippen LogP contribution in [0.4, 0.5) is 5.69 Å². The van der Waals surface area contributed by atoms with Crippen LogP contribution >= 0.6 is 11.3 Å². The van der Waals surface area contributed by atoms with E-state index in [2.05, 4.69) is 10.3 Å². The molecule has 1 fully saturated rings. The highest BCUT2D eigenvalue weighted by Crippen LogP contribution is 2.32. The number of carbonyl (C=O) groups is 1. The summed E-state index contributed by atoms with van der Waals surface area (Å²) in [7, 11) is 0. The van der Waals surface area contributed by atoms with Gasteiger partial charge in [0.1, 0.15) is 9.71 Å². The number of nitrogens with one attached hydrogen (secondary N) is 1. The van der Waals surface area contributed by atoms with Gasteiger partial charge in [0.2, 0.25) is 0 Å². The lowest BCUT2D eigenvalue weighted by molar-refractivity contribution is 0.0943. The summed E-state index contributed by atoms with van der Waals surface area (Å²) in [6, 6.07) is 4.06. The predicted octanol–water partition coefficient (Wildman–Crippen LogP) is 2.55. The predicted molar refractivity (Wildman–Crippen MR) is 73.8 cm³/mol. The van der Waals surface area contributed by atoms with Crippen LogP contribution in [0.25, 0.3) is 10.2 Å². The smallest absolute Gasteiger partial charge is 0.263 e. The van der Waals surface area contributed by atoms with Crippen LogP contribution < -0.4 is 11.1 Å². The molecule has 0 saturated heterocycles. The van der Waals surface area contributed by atoms with E-state index in [1.807, 2.05) is 12.1 Å². The standard InChI is InChI=1S/C13H15N3OS/c14-10-9-6-3-7-15-13(9)18-11(10)12(17)16-8-4-1-2-5-8/h3,6-8H,1-2,4-5,14H2,(H,16,17). The van der Waals surface area contributed by atoms with Crippen LogP contribution in [-0.4, -0.2) is 16.9 Å². The summed E-state index contributed by atoms with van der Waals surface area (Å²) in [6.45, 7) is 0. The molecule has 1 saturated carbocycles. The van der Waals surface area contributed by atoms with Crippen molar-refractivity contribution in [1.82, 2.24) is 10.3 Å². The Labute approximate surface area is 109 Å². The Morgan fingerprint density at radius 3 is 2.94 bits per heavy atom. The molecule has 0 spiro atoms. The Hall–Kier alpha value is -1.62. The third kappa shape index (κ3) is 1.95. The normalized spacial score (nSPS) is 16.2. The topological polar surface area (TPSA) is 68.0 Å². The van der Waals surface area contributed by atoms with Crippen molar-refractivity contribution in [1.29, 1.82) is 0 Å². The number of aromatic nitrogens is 1. The van der Waals surface area contributed by atoms with Crippen LogP contribution in [0.2, 0.25) is 0 Å². The summed E-state index contributed by atoms with van der Waals surface area (Å²) in [5.41, 5.74) is 6.58. The van der Waals surface area contributed by atoms with E-state index in [1.165, 1.54) is 24.2 Å². The van der Waals surface area contributed by atoms with Gasteiger partial charge in [-0.1, -0.05) is 12.8 Å². The Morgan fingerprint density at radius 1 is 1.44 bits per heavy atom. The Kier molecular flexibility index (Phi) is 2.91. The molecule has 0 radical (unpaired) electrons. The summed E-state index contributed by atoms with van der Waals surface area (Å²) in [5.74, 6) is -0.0533. The quantitative estimate of drug-likeness (QED) is 0.873. The van der Waals surface area contributed by atoms with Crippen molar-refractivity contribution in [3.8, 4) is 0 Å². The van der Waals surface area contributed by atoms with Gasteiger partial charge in [-0.25, -0.2) is 4.98 Å². The van der Waals surface area contributed by atoms with Crippen molar-refractivity contribution in [2.24, 2.45) is 0 Å². The molecular formula is C13H15N3OS. The van der Waals surface area contributed by atoms with Gasteiger partial charge in [-0.05, 0) is 25.0 Å². The first kappa shape index (κ1) is 11.5. The number of rotatable bonds is 2. The summed E-state index contributed by atoms with van der Waals surface area (Å²) < 4.78 is 0. The van der Waals surface area contributed by atoms with Crippen molar-refractivity contribution < 1.29 is 4.79 Å². The number of fused-ring (bicyclic) bond motifs is 1. The van der Waals surface area contributed by atoms with Gasteiger partial charge in [-0.2, -0.15) is 0 Å². The van der Waals surface area contributed by atoms with Crippen molar-refractivity contribution in [3.63, 3.8) is 0 Å². The number of hydrogen-bond acceptors (Lipinski definition) is 4. The molecule has 2 aromatic heterocycles. The molecule has 0 bridgehead atoms. The van der Waals surface area contributed by atoms with Gasteiger partial charge in [0.25, 0.3) is 5.91 Å². The van der Waals surface area contributed by atoms with Crippen LogP contribution in [0.15, 0.2) is 18.3 Å². The zero-order valence-corrected chi connectivity index (χ0v) is 10.8. The number of pyridine rings is 1. The third-order valence-electron chi connectivity index (χ3n) is 3.40. The summed E-state index contributed by atoms with van der Waals surface area (Å²) in [6.07, 6.45) is 6.28. The van der Waals surface area contributed by atoms with E-state index in [0.717, 1.165) is 23.1 Å². The van der Waals surface area contributed by atoms with Crippen LogP contribution in [-0.2, 0) is 0 Å². The molecule has 1 amide bonds. The van der Waals surface area contributed by atoms with E-state index in [-0.39, 0.29) is 5.91 Å². The highest BCUT2D eigenvalue weighted by Gasteiger charge is 2.21. The van der Waals surface area contributed by atoms with Crippen molar-refractivity contribution in [3.05, 3.63) is 23.2 Å². The van der Waals surface area contributed by atoms with E-state index < -0.39 is 0 Å². The summed E-state index contributed by atoms with van der Waals surface area (Å²) >= 11 is 1.37. The Bertz CT molecular complexity index is 587. The second-order valence-electron chi connectivity index (χ2n) is 4.66. The molecule has 0 aromatic carbocycles. The maximum Gasteiger partial charge on any atom is 0.263 e. The Balaban J connectivity index is 1.88. The number of nitrogens with two attached hydrogens (primary N) is 1. The van der Waals surface area contributed by atoms with Gasteiger partial charge in [-0.15, -0.1) is 11.3 Å². The second-order valence-corrected chi connectivity index (χ2v) is 5.65. The fraction of sp³-hybridized carbons (Fsp3) is 0.385. The lowest BCUT2D eigenvalue weighted by Crippen LogP contribution is -2.32. The first-order chi connectivity index (χ1) is 8.75. The molecular weight excluding hydrogens is 246 g/mol. The number of nitrogen functional groups attached to an aromatic ring is 1. The number of carbonyl (C=O) groups excluding carboxylic acids is 1. The monoisotopic (exact) mass is 261 g/mol. The molecule has 5 heteroatoms. The minimum absolute atomic E-state index is 0.0533. The number of thiophene rings is 1. The molecule has 0 aliphatic heterocycles. The number of anilines is 1. The number of hydrogen-bond donors (Lipinski definition) is 2. The highest BCUT2D eigenvalue weighted by molar-refractivity contribution is 7.21. The molecule has 2 aromatic rings. The molecule has 4 nitrogen and oxygen atoms in total. The van der Waals surface area contributed by atoms with Crippen molar-refractivity contribution in [2.45, 2.75) is 31.7 Å². The van der Waals surface area contributed by atoms with Crippen LogP contribution in [0.5, 0.6) is 0 Å².